The SMILES string of the molecule is COCCOC[C@H]1CC[C@H](N(C(=O)Nc2ncc(SC(C)(C)C(=O)O)s2)C2CCCCCC2)CC1. The van der Waals surface area contributed by atoms with Crippen molar-refractivity contribution >= 4 is 40.2 Å². The lowest BCUT2D eigenvalue weighted by atomic mass is 9.85. The van der Waals surface area contributed by atoms with Crippen LogP contribution in [0.4, 0.5) is 9.93 Å². The van der Waals surface area contributed by atoms with Crippen LogP contribution in [0, 0.1) is 5.92 Å². The highest BCUT2D eigenvalue weighted by Crippen LogP contribution is 2.38. The normalized spacial score (nSPS) is 21.9. The average molecular weight is 528 g/mol. The zero-order chi connectivity index (χ0) is 25.3. The minimum absolute atomic E-state index is 0.0694. The number of nitrogens with one attached hydrogen (secondary N) is 1. The highest BCUT2D eigenvalue weighted by molar-refractivity contribution is 8.03. The minimum atomic E-state index is -0.952. The van der Waals surface area contributed by atoms with Crippen LogP contribution in [0.5, 0.6) is 0 Å². The first-order chi connectivity index (χ1) is 16.8. The molecule has 10 heteroatoms. The number of urea groups is 1. The molecule has 2 amide bonds. The Labute approximate surface area is 217 Å². The van der Waals surface area contributed by atoms with Gasteiger partial charge in [0, 0.05) is 25.8 Å². The Balaban J connectivity index is 1.63. The van der Waals surface area contributed by atoms with Crippen LogP contribution in [0.15, 0.2) is 10.4 Å². The van der Waals surface area contributed by atoms with E-state index in [1.54, 1.807) is 27.2 Å². The number of aromatic nitrogens is 1. The largest absolute Gasteiger partial charge is 0.480 e. The van der Waals surface area contributed by atoms with E-state index in [1.165, 1.54) is 48.8 Å². The fourth-order valence-electron chi connectivity index (χ4n) is 4.96. The van der Waals surface area contributed by atoms with Gasteiger partial charge >= 0.3 is 12.0 Å². The summed E-state index contributed by atoms with van der Waals surface area (Å²) in [5.74, 6) is -0.334. The number of carboxylic acids is 1. The van der Waals surface area contributed by atoms with Crippen LogP contribution < -0.4 is 5.32 Å². The number of amides is 2. The maximum Gasteiger partial charge on any atom is 0.324 e. The first kappa shape index (κ1) is 28.2. The van der Waals surface area contributed by atoms with Crippen LogP contribution in [0.3, 0.4) is 0 Å². The molecule has 0 aromatic carbocycles. The molecule has 0 bridgehead atoms. The number of anilines is 1. The molecule has 3 rings (SSSR count). The van der Waals surface area contributed by atoms with Crippen molar-refractivity contribution in [2.75, 3.05) is 32.2 Å². The Morgan fingerprint density at radius 3 is 2.40 bits per heavy atom. The molecule has 8 nitrogen and oxygen atoms in total. The van der Waals surface area contributed by atoms with E-state index in [1.807, 2.05) is 0 Å². The highest BCUT2D eigenvalue weighted by atomic mass is 32.2. The second-order valence-electron chi connectivity index (χ2n) is 10.1. The summed E-state index contributed by atoms with van der Waals surface area (Å²) in [4.78, 5) is 31.6. The smallest absolute Gasteiger partial charge is 0.324 e. The number of rotatable bonds is 11. The number of carbonyl (C=O) groups excluding carboxylic acids is 1. The summed E-state index contributed by atoms with van der Waals surface area (Å²) >= 11 is 2.59. The third-order valence-electron chi connectivity index (χ3n) is 7.02. The lowest BCUT2D eigenvalue weighted by Gasteiger charge is -2.41. The van der Waals surface area contributed by atoms with E-state index in [-0.39, 0.29) is 18.1 Å². The molecule has 198 valence electrons. The molecule has 35 heavy (non-hydrogen) atoms. The fraction of sp³-hybridized carbons (Fsp3) is 0.800. The van der Waals surface area contributed by atoms with Crippen LogP contribution in [0.2, 0.25) is 0 Å². The number of carboxylic acid groups (broad SMARTS) is 1. The average Bonchev–Trinajstić information content (AvgIpc) is 3.07. The number of ether oxygens (including phenoxy) is 2. The predicted molar refractivity (Wildman–Crippen MR) is 140 cm³/mol. The summed E-state index contributed by atoms with van der Waals surface area (Å²) in [6, 6.07) is 0.421. The van der Waals surface area contributed by atoms with Gasteiger partial charge in [-0.05, 0) is 58.3 Å². The van der Waals surface area contributed by atoms with Gasteiger partial charge in [-0.3, -0.25) is 10.1 Å². The van der Waals surface area contributed by atoms with E-state index < -0.39 is 10.7 Å². The number of aliphatic carboxylic acids is 1. The molecule has 0 unspecified atom stereocenters. The number of methoxy groups -OCH3 is 1. The quantitative estimate of drug-likeness (QED) is 0.211. The van der Waals surface area contributed by atoms with E-state index in [0.717, 1.165) is 49.3 Å². The molecule has 1 aromatic rings. The van der Waals surface area contributed by atoms with Crippen molar-refractivity contribution in [2.24, 2.45) is 5.92 Å². The maximum atomic E-state index is 13.6. The van der Waals surface area contributed by atoms with E-state index in [4.69, 9.17) is 9.47 Å². The minimum Gasteiger partial charge on any atom is -0.480 e. The predicted octanol–water partition coefficient (Wildman–Crippen LogP) is 5.88. The molecule has 2 aliphatic rings. The summed E-state index contributed by atoms with van der Waals surface area (Å²) in [5, 5.41) is 13.0. The number of nitrogens with zero attached hydrogens (tertiary/aromatic N) is 2. The third kappa shape index (κ3) is 8.61. The number of thioether (sulfide) groups is 1. The molecule has 2 fully saturated rings. The zero-order valence-electron chi connectivity index (χ0n) is 21.3. The molecule has 0 atom stereocenters. The van der Waals surface area contributed by atoms with Crippen molar-refractivity contribution < 1.29 is 24.2 Å². The van der Waals surface area contributed by atoms with Crippen LogP contribution in [0.1, 0.15) is 78.1 Å². The second kappa shape index (κ2) is 13.8. The standard InChI is InChI=1S/C25H41N3O5S2/c1-25(2,22(29)30)35-21-16-26-23(34-21)27-24(31)28(19-8-6-4-5-7-9-19)20-12-10-18(11-13-20)17-33-15-14-32-3/h16,18-20H,4-15,17H2,1-3H3,(H,29,30)(H,26,27,31)/t18-,20-. The van der Waals surface area contributed by atoms with Crippen molar-refractivity contribution in [3.05, 3.63) is 6.20 Å². The summed E-state index contributed by atoms with van der Waals surface area (Å²) in [6.07, 6.45) is 12.7. The Morgan fingerprint density at radius 2 is 1.77 bits per heavy atom. The third-order valence-corrected chi connectivity index (χ3v) is 9.22. The molecule has 0 saturated heterocycles. The molecular formula is C25H41N3O5S2. The summed E-state index contributed by atoms with van der Waals surface area (Å²) in [6.45, 7) is 5.36. The fourth-order valence-corrected chi connectivity index (χ4v) is 7.23. The molecule has 2 aliphatic carbocycles. The Bertz CT molecular complexity index is 803. The molecule has 0 aliphatic heterocycles. The number of carbonyl (C=O) groups is 2. The summed E-state index contributed by atoms with van der Waals surface area (Å²) in [5.41, 5.74) is 0. The van der Waals surface area contributed by atoms with Crippen LogP contribution in [0.25, 0.3) is 0 Å². The first-order valence-corrected chi connectivity index (χ1v) is 14.5. The van der Waals surface area contributed by atoms with E-state index >= 15 is 0 Å². The van der Waals surface area contributed by atoms with E-state index in [0.29, 0.717) is 24.3 Å². The zero-order valence-corrected chi connectivity index (χ0v) is 22.9. The van der Waals surface area contributed by atoms with Crippen molar-refractivity contribution in [1.29, 1.82) is 0 Å². The summed E-state index contributed by atoms with van der Waals surface area (Å²) in [7, 11) is 1.68. The maximum absolute atomic E-state index is 13.6. The Kier molecular flexibility index (Phi) is 11.1. The van der Waals surface area contributed by atoms with Gasteiger partial charge in [-0.1, -0.05) is 48.8 Å². The van der Waals surface area contributed by atoms with Gasteiger partial charge in [0.15, 0.2) is 5.13 Å². The number of hydrogen-bond acceptors (Lipinski definition) is 7. The van der Waals surface area contributed by atoms with Crippen molar-refractivity contribution in [3.63, 3.8) is 0 Å². The first-order valence-electron chi connectivity index (χ1n) is 12.8. The summed E-state index contributed by atoms with van der Waals surface area (Å²) < 4.78 is 10.6. The second-order valence-corrected chi connectivity index (χ2v) is 13.1. The van der Waals surface area contributed by atoms with Crippen molar-refractivity contribution in [2.45, 2.75) is 99.1 Å². The van der Waals surface area contributed by atoms with Gasteiger partial charge in [-0.2, -0.15) is 0 Å². The highest BCUT2D eigenvalue weighted by Gasteiger charge is 2.35. The van der Waals surface area contributed by atoms with Crippen molar-refractivity contribution in [3.8, 4) is 0 Å². The Hall–Kier alpha value is -1.36. The van der Waals surface area contributed by atoms with Gasteiger partial charge in [-0.15, -0.1) is 0 Å². The lowest BCUT2D eigenvalue weighted by molar-refractivity contribution is -0.138. The Morgan fingerprint density at radius 1 is 1.11 bits per heavy atom. The number of hydrogen-bond donors (Lipinski definition) is 2. The number of thiazole rings is 1. The van der Waals surface area contributed by atoms with E-state index in [2.05, 4.69) is 15.2 Å². The van der Waals surface area contributed by atoms with Gasteiger partial charge in [0.05, 0.1) is 23.6 Å². The van der Waals surface area contributed by atoms with Gasteiger partial charge in [0.1, 0.15) is 4.75 Å². The monoisotopic (exact) mass is 527 g/mol. The molecule has 2 saturated carbocycles. The van der Waals surface area contributed by atoms with Gasteiger partial charge in [0.2, 0.25) is 0 Å². The molecular weight excluding hydrogens is 486 g/mol. The van der Waals surface area contributed by atoms with Gasteiger partial charge in [-0.25, -0.2) is 9.78 Å². The van der Waals surface area contributed by atoms with Gasteiger partial charge in [0.25, 0.3) is 0 Å². The molecule has 1 heterocycles. The van der Waals surface area contributed by atoms with Gasteiger partial charge < -0.3 is 19.5 Å². The molecule has 0 spiro atoms. The molecule has 0 radical (unpaired) electrons. The topological polar surface area (TPSA) is 101 Å². The van der Waals surface area contributed by atoms with E-state index in [9.17, 15) is 14.7 Å². The van der Waals surface area contributed by atoms with Crippen molar-refractivity contribution in [1.82, 2.24) is 9.88 Å². The van der Waals surface area contributed by atoms with Crippen LogP contribution in [-0.2, 0) is 14.3 Å². The van der Waals surface area contributed by atoms with Crippen LogP contribution >= 0.6 is 23.1 Å². The molecule has 1 aromatic heterocycles. The molecule has 2 N–H and O–H groups in total. The lowest BCUT2D eigenvalue weighted by Crippen LogP contribution is -2.50. The van der Waals surface area contributed by atoms with Crippen LogP contribution in [-0.4, -0.2) is 70.8 Å².